The third-order valence-electron chi connectivity index (χ3n) is 3.84. The van der Waals surface area contributed by atoms with Crippen LogP contribution in [-0.2, 0) is 0 Å². The largest absolute Gasteiger partial charge is 0.463 e. The van der Waals surface area contributed by atoms with Crippen molar-refractivity contribution in [2.24, 2.45) is 11.1 Å². The van der Waals surface area contributed by atoms with Crippen molar-refractivity contribution in [1.82, 2.24) is 0 Å². The van der Waals surface area contributed by atoms with Crippen LogP contribution in [0.15, 0.2) is 50.8 Å². The van der Waals surface area contributed by atoms with Crippen molar-refractivity contribution in [2.75, 3.05) is 0 Å². The Balaban J connectivity index is 1.91. The Labute approximate surface area is 110 Å². The molecule has 1 aliphatic heterocycles. The highest BCUT2D eigenvalue weighted by Gasteiger charge is 2.40. The van der Waals surface area contributed by atoms with E-state index in [1.54, 1.807) is 12.5 Å². The van der Waals surface area contributed by atoms with Crippen molar-refractivity contribution < 1.29 is 19.4 Å². The summed E-state index contributed by atoms with van der Waals surface area (Å²) < 4.78 is 11.0. The fourth-order valence-electron chi connectivity index (χ4n) is 2.76. The van der Waals surface area contributed by atoms with E-state index < -0.39 is 0 Å². The Morgan fingerprint density at radius 1 is 1.21 bits per heavy atom. The van der Waals surface area contributed by atoms with Gasteiger partial charge >= 0.3 is 0 Å². The zero-order valence-corrected chi connectivity index (χ0v) is 10.7. The first-order valence-electron chi connectivity index (χ1n) is 6.42. The van der Waals surface area contributed by atoms with Gasteiger partial charge in [-0.25, -0.2) is 0 Å². The summed E-state index contributed by atoms with van der Waals surface area (Å²) in [4.78, 5) is 0. The average molecular weight is 261 g/mol. The second-order valence-corrected chi connectivity index (χ2v) is 4.94. The van der Waals surface area contributed by atoms with E-state index in [0.29, 0.717) is 6.42 Å². The van der Waals surface area contributed by atoms with Gasteiger partial charge in [0, 0.05) is 6.42 Å². The maximum Gasteiger partial charge on any atom is 0.161 e. The van der Waals surface area contributed by atoms with Crippen LogP contribution in [0.5, 0.6) is 0 Å². The van der Waals surface area contributed by atoms with Crippen LogP contribution in [0.3, 0.4) is 0 Å². The van der Waals surface area contributed by atoms with Crippen molar-refractivity contribution in [1.29, 1.82) is 0 Å². The Hall–Kier alpha value is -2.01. The van der Waals surface area contributed by atoms with Gasteiger partial charge in [-0.15, -0.1) is 0 Å². The van der Waals surface area contributed by atoms with Crippen LogP contribution in [0, 0.1) is 5.92 Å². The third kappa shape index (κ3) is 2.17. The first-order chi connectivity index (χ1) is 9.29. The summed E-state index contributed by atoms with van der Waals surface area (Å²) >= 11 is 0. The first-order valence-corrected chi connectivity index (χ1v) is 6.42. The Bertz CT molecular complexity index is 545. The zero-order chi connectivity index (χ0) is 13.2. The molecule has 1 fully saturated rings. The smallest absolute Gasteiger partial charge is 0.161 e. The Kier molecular flexibility index (Phi) is 3.13. The molecule has 0 unspecified atom stereocenters. The molecule has 5 heteroatoms. The summed E-state index contributed by atoms with van der Waals surface area (Å²) in [5.41, 5.74) is 0.783. The number of nitrogens with zero attached hydrogens (tertiary/aromatic N) is 1. The van der Waals surface area contributed by atoms with Gasteiger partial charge in [0.15, 0.2) is 23.6 Å². The fourth-order valence-corrected chi connectivity index (χ4v) is 2.76. The standard InChI is InChI=1S/C14H16N2O3/c1-9-10(16-17)8-11(12-4-2-6-18-12)15-14(9)13-5-3-7-19-13/h2-7,9,11,14-15,17H,8H2,1H3/p+1/b16-10-/t9-,11+,14-/m1/s1. The second kappa shape index (κ2) is 4.93. The second-order valence-electron chi connectivity index (χ2n) is 4.94. The van der Waals surface area contributed by atoms with Crippen LogP contribution >= 0.6 is 0 Å². The van der Waals surface area contributed by atoms with Crippen molar-refractivity contribution in [2.45, 2.75) is 25.4 Å². The van der Waals surface area contributed by atoms with E-state index in [1.165, 1.54) is 0 Å². The van der Waals surface area contributed by atoms with Gasteiger partial charge in [0.2, 0.25) is 0 Å². The van der Waals surface area contributed by atoms with Crippen LogP contribution in [0.1, 0.15) is 36.9 Å². The van der Waals surface area contributed by atoms with Gasteiger partial charge in [-0.05, 0) is 24.3 Å². The Morgan fingerprint density at radius 3 is 2.47 bits per heavy atom. The predicted molar refractivity (Wildman–Crippen MR) is 67.8 cm³/mol. The molecule has 0 amide bonds. The maximum absolute atomic E-state index is 9.20. The molecule has 2 aromatic rings. The Morgan fingerprint density at radius 2 is 1.89 bits per heavy atom. The fraction of sp³-hybridized carbons (Fsp3) is 0.357. The molecule has 19 heavy (non-hydrogen) atoms. The lowest BCUT2D eigenvalue weighted by atomic mass is 9.85. The number of quaternary nitrogens is 1. The molecule has 100 valence electrons. The molecule has 1 saturated heterocycles. The highest BCUT2D eigenvalue weighted by molar-refractivity contribution is 5.87. The number of furan rings is 2. The molecule has 3 rings (SSSR count). The summed E-state index contributed by atoms with van der Waals surface area (Å²) in [5.74, 6) is 1.91. The van der Waals surface area contributed by atoms with Gasteiger partial charge in [0.25, 0.3) is 0 Å². The van der Waals surface area contributed by atoms with E-state index in [-0.39, 0.29) is 18.0 Å². The van der Waals surface area contributed by atoms with Gasteiger partial charge in [-0.2, -0.15) is 0 Å². The molecular weight excluding hydrogens is 244 g/mol. The van der Waals surface area contributed by atoms with Gasteiger partial charge < -0.3 is 19.4 Å². The quantitative estimate of drug-likeness (QED) is 0.642. The van der Waals surface area contributed by atoms with Crippen LogP contribution in [0.4, 0.5) is 0 Å². The van der Waals surface area contributed by atoms with E-state index in [4.69, 9.17) is 8.83 Å². The van der Waals surface area contributed by atoms with Crippen molar-refractivity contribution in [3.05, 3.63) is 48.3 Å². The third-order valence-corrected chi connectivity index (χ3v) is 3.84. The van der Waals surface area contributed by atoms with Gasteiger partial charge in [0.1, 0.15) is 0 Å². The van der Waals surface area contributed by atoms with Gasteiger partial charge in [-0.3, -0.25) is 0 Å². The lowest BCUT2D eigenvalue weighted by Gasteiger charge is -2.30. The van der Waals surface area contributed by atoms with Crippen LogP contribution in [0.25, 0.3) is 0 Å². The minimum absolute atomic E-state index is 0.102. The molecule has 0 bridgehead atoms. The monoisotopic (exact) mass is 261 g/mol. The number of nitrogens with two attached hydrogens (primary N) is 1. The van der Waals surface area contributed by atoms with E-state index in [9.17, 15) is 5.21 Å². The topological polar surface area (TPSA) is 75.5 Å². The maximum atomic E-state index is 9.20. The average Bonchev–Trinajstić information content (AvgIpc) is 3.12. The summed E-state index contributed by atoms with van der Waals surface area (Å²) in [5, 5.41) is 14.9. The number of rotatable bonds is 2. The molecule has 1 aliphatic rings. The zero-order valence-electron chi connectivity index (χ0n) is 10.7. The van der Waals surface area contributed by atoms with Crippen LogP contribution in [0.2, 0.25) is 0 Å². The lowest BCUT2D eigenvalue weighted by Crippen LogP contribution is -2.89. The lowest BCUT2D eigenvalue weighted by molar-refractivity contribution is -0.745. The number of hydrogen-bond acceptors (Lipinski definition) is 4. The highest BCUT2D eigenvalue weighted by Crippen LogP contribution is 2.29. The molecule has 2 aromatic heterocycles. The van der Waals surface area contributed by atoms with E-state index >= 15 is 0 Å². The summed E-state index contributed by atoms with van der Waals surface area (Å²) in [6.07, 6.45) is 4.02. The molecule has 3 atom stereocenters. The molecule has 0 aliphatic carbocycles. The number of hydrogen-bond donors (Lipinski definition) is 2. The molecule has 0 radical (unpaired) electrons. The van der Waals surface area contributed by atoms with Crippen LogP contribution in [-0.4, -0.2) is 10.9 Å². The molecule has 3 heterocycles. The number of oxime groups is 1. The molecule has 0 saturated carbocycles. The van der Waals surface area contributed by atoms with Gasteiger partial charge in [-0.1, -0.05) is 12.1 Å². The summed E-state index contributed by atoms with van der Waals surface area (Å²) in [7, 11) is 0. The normalized spacial score (nSPS) is 29.7. The van der Waals surface area contributed by atoms with Gasteiger partial charge in [0.05, 0.1) is 24.2 Å². The van der Waals surface area contributed by atoms with E-state index in [2.05, 4.69) is 17.4 Å². The minimum Gasteiger partial charge on any atom is -0.463 e. The van der Waals surface area contributed by atoms with E-state index in [1.807, 2.05) is 24.3 Å². The molecular formula is C14H17N2O3+. The SMILES string of the molecule is C[C@@H]1/C(=N\O)C[C@@H](c2ccco2)[NH2+][C@H]1c1ccco1. The minimum atomic E-state index is 0.102. The van der Waals surface area contributed by atoms with Crippen molar-refractivity contribution >= 4 is 5.71 Å². The van der Waals surface area contributed by atoms with E-state index in [0.717, 1.165) is 17.2 Å². The highest BCUT2D eigenvalue weighted by atomic mass is 16.4. The first kappa shape index (κ1) is 12.0. The van der Waals surface area contributed by atoms with Crippen molar-refractivity contribution in [3.8, 4) is 0 Å². The summed E-state index contributed by atoms with van der Waals surface area (Å²) in [6.45, 7) is 2.05. The molecule has 5 nitrogen and oxygen atoms in total. The summed E-state index contributed by atoms with van der Waals surface area (Å²) in [6, 6.07) is 7.88. The number of piperidine rings is 1. The molecule has 0 aromatic carbocycles. The predicted octanol–water partition coefficient (Wildman–Crippen LogP) is 2.09. The molecule has 3 N–H and O–H groups in total. The van der Waals surface area contributed by atoms with Crippen molar-refractivity contribution in [3.63, 3.8) is 0 Å². The van der Waals surface area contributed by atoms with Crippen LogP contribution < -0.4 is 5.32 Å². The molecule has 0 spiro atoms.